The van der Waals surface area contributed by atoms with E-state index in [-0.39, 0.29) is 6.04 Å². The van der Waals surface area contributed by atoms with Gasteiger partial charge in [-0.25, -0.2) is 4.98 Å². The lowest BCUT2D eigenvalue weighted by atomic mass is 9.93. The zero-order valence-electron chi connectivity index (χ0n) is 18.9. The highest BCUT2D eigenvalue weighted by Crippen LogP contribution is 2.36. The van der Waals surface area contributed by atoms with E-state index in [1.165, 1.54) is 0 Å². The van der Waals surface area contributed by atoms with Crippen molar-refractivity contribution in [3.63, 3.8) is 0 Å². The lowest BCUT2D eigenvalue weighted by molar-refractivity contribution is 0.459. The summed E-state index contributed by atoms with van der Waals surface area (Å²) in [6, 6.07) is 17.7. The van der Waals surface area contributed by atoms with Crippen LogP contribution in [-0.4, -0.2) is 19.4 Å². The van der Waals surface area contributed by atoms with Crippen molar-refractivity contribution in [2.45, 2.75) is 44.9 Å². The SMILES string of the molecule is Cc1ccc(Br)nc1C[C@H](N[S@@+]([O-])C(C)(C)C)c1ccccc1-c1noc2cc(Br)ccc12. The quantitative estimate of drug-likeness (QED) is 0.192. The topological polar surface area (TPSA) is 74.0 Å². The van der Waals surface area contributed by atoms with Crippen LogP contribution in [-0.2, 0) is 17.8 Å². The van der Waals surface area contributed by atoms with Gasteiger partial charge in [-0.3, -0.25) is 0 Å². The second-order valence-corrected chi connectivity index (χ2v) is 12.6. The zero-order chi connectivity index (χ0) is 23.8. The second kappa shape index (κ2) is 9.88. The van der Waals surface area contributed by atoms with Gasteiger partial charge in [-0.1, -0.05) is 51.4 Å². The number of hydrogen-bond acceptors (Lipinski definition) is 5. The molecule has 1 N–H and O–H groups in total. The number of hydrogen-bond donors (Lipinski definition) is 1. The van der Waals surface area contributed by atoms with Crippen molar-refractivity contribution in [1.29, 1.82) is 0 Å². The van der Waals surface area contributed by atoms with E-state index in [0.29, 0.717) is 12.0 Å². The summed E-state index contributed by atoms with van der Waals surface area (Å²) in [5, 5.41) is 5.32. The van der Waals surface area contributed by atoms with Gasteiger partial charge in [-0.2, -0.15) is 0 Å². The second-order valence-electron chi connectivity index (χ2n) is 8.91. The predicted octanol–water partition coefficient (Wildman–Crippen LogP) is 7.06. The van der Waals surface area contributed by atoms with E-state index in [0.717, 1.165) is 42.5 Å². The molecule has 4 rings (SSSR count). The number of benzene rings is 2. The maximum Gasteiger partial charge on any atom is 0.168 e. The standard InChI is InChI=1S/C25H25Br2N3O2S/c1-15-9-12-23(27)28-20(15)14-21(30-33(31)25(2,3)4)17-7-5-6-8-18(17)24-19-11-10-16(26)13-22(19)32-29-24/h5-13,21,30H,14H2,1-4H3/t21-,33-/m0/s1. The number of aryl methyl sites for hydroxylation is 1. The van der Waals surface area contributed by atoms with Crippen molar-refractivity contribution in [2.24, 2.45) is 0 Å². The van der Waals surface area contributed by atoms with E-state index in [9.17, 15) is 4.55 Å². The number of aromatic nitrogens is 2. The van der Waals surface area contributed by atoms with Crippen LogP contribution in [0.1, 0.15) is 43.6 Å². The average molecular weight is 591 g/mol. The Morgan fingerprint density at radius 3 is 2.61 bits per heavy atom. The van der Waals surface area contributed by atoms with Crippen molar-refractivity contribution in [2.75, 3.05) is 0 Å². The fourth-order valence-electron chi connectivity index (χ4n) is 3.59. The molecular weight excluding hydrogens is 566 g/mol. The molecule has 0 aliphatic heterocycles. The summed E-state index contributed by atoms with van der Waals surface area (Å²) in [5.74, 6) is 0. The van der Waals surface area contributed by atoms with E-state index >= 15 is 0 Å². The molecule has 0 unspecified atom stereocenters. The van der Waals surface area contributed by atoms with Crippen molar-refractivity contribution < 1.29 is 9.08 Å². The lowest BCUT2D eigenvalue weighted by Crippen LogP contribution is -2.42. The van der Waals surface area contributed by atoms with Crippen LogP contribution in [0.4, 0.5) is 0 Å². The molecule has 0 spiro atoms. The van der Waals surface area contributed by atoms with Crippen molar-refractivity contribution in [3.05, 3.63) is 80.5 Å². The fourth-order valence-corrected chi connectivity index (χ4v) is 5.10. The summed E-state index contributed by atoms with van der Waals surface area (Å²) in [4.78, 5) is 4.70. The predicted molar refractivity (Wildman–Crippen MR) is 141 cm³/mol. The van der Waals surface area contributed by atoms with Crippen LogP contribution < -0.4 is 4.72 Å². The molecule has 2 atom stereocenters. The third-order valence-corrected chi connectivity index (χ3v) is 7.94. The molecule has 0 saturated carbocycles. The van der Waals surface area contributed by atoms with Gasteiger partial charge in [-0.05, 0) is 79.0 Å². The van der Waals surface area contributed by atoms with Crippen molar-refractivity contribution in [1.82, 2.24) is 14.9 Å². The normalized spacial score (nSPS) is 13.9. The van der Waals surface area contributed by atoms with E-state index in [1.54, 1.807) is 0 Å². The van der Waals surface area contributed by atoms with E-state index in [4.69, 9.17) is 9.51 Å². The summed E-state index contributed by atoms with van der Waals surface area (Å²) in [6.07, 6.45) is 0.575. The molecule has 0 aliphatic carbocycles. The minimum atomic E-state index is -1.28. The van der Waals surface area contributed by atoms with Crippen LogP contribution in [0.25, 0.3) is 22.2 Å². The number of nitrogens with zero attached hydrogens (tertiary/aromatic N) is 2. The number of pyridine rings is 1. The Balaban J connectivity index is 1.82. The Bertz CT molecular complexity index is 1290. The highest BCUT2D eigenvalue weighted by Gasteiger charge is 2.32. The Morgan fingerprint density at radius 2 is 1.85 bits per heavy atom. The number of nitrogens with one attached hydrogen (secondary N) is 1. The monoisotopic (exact) mass is 589 g/mol. The molecule has 4 aromatic rings. The first kappa shape index (κ1) is 24.4. The van der Waals surface area contributed by atoms with Crippen LogP contribution in [0.15, 0.2) is 68.2 Å². The third-order valence-electron chi connectivity index (χ3n) is 5.40. The van der Waals surface area contributed by atoms with Crippen LogP contribution in [0.5, 0.6) is 0 Å². The molecule has 33 heavy (non-hydrogen) atoms. The fraction of sp³-hybridized carbons (Fsp3) is 0.280. The van der Waals surface area contributed by atoms with Crippen molar-refractivity contribution in [3.8, 4) is 11.3 Å². The largest absolute Gasteiger partial charge is 0.598 e. The van der Waals surface area contributed by atoms with E-state index in [1.807, 2.05) is 76.2 Å². The number of halogens is 2. The highest BCUT2D eigenvalue weighted by atomic mass is 79.9. The van der Waals surface area contributed by atoms with Gasteiger partial charge < -0.3 is 9.08 Å². The van der Waals surface area contributed by atoms with Gasteiger partial charge in [0.05, 0.1) is 6.04 Å². The van der Waals surface area contributed by atoms with Crippen LogP contribution in [0.3, 0.4) is 0 Å². The van der Waals surface area contributed by atoms with Gasteiger partial charge in [0.1, 0.15) is 15.0 Å². The first-order valence-corrected chi connectivity index (χ1v) is 13.3. The van der Waals surface area contributed by atoms with Gasteiger partial charge in [0.25, 0.3) is 0 Å². The summed E-state index contributed by atoms with van der Waals surface area (Å²) in [6.45, 7) is 7.93. The molecular formula is C25H25Br2N3O2S. The van der Waals surface area contributed by atoms with Gasteiger partial charge in [0.2, 0.25) is 0 Å². The average Bonchev–Trinajstić information content (AvgIpc) is 3.18. The Kier molecular flexibility index (Phi) is 7.31. The Labute approximate surface area is 213 Å². The first-order valence-electron chi connectivity index (χ1n) is 10.6. The number of rotatable bonds is 6. The molecule has 8 heteroatoms. The first-order chi connectivity index (χ1) is 15.6. The van der Waals surface area contributed by atoms with Crippen LogP contribution in [0.2, 0.25) is 0 Å². The molecule has 0 bridgehead atoms. The lowest BCUT2D eigenvalue weighted by Gasteiger charge is -2.29. The Hall–Kier alpha value is -1.71. The summed E-state index contributed by atoms with van der Waals surface area (Å²) < 4.78 is 23.5. The van der Waals surface area contributed by atoms with Crippen LogP contribution >= 0.6 is 31.9 Å². The van der Waals surface area contributed by atoms with E-state index < -0.39 is 16.1 Å². The van der Waals surface area contributed by atoms with Gasteiger partial charge in [-0.15, -0.1) is 4.72 Å². The third kappa shape index (κ3) is 5.52. The molecule has 2 aromatic carbocycles. The molecule has 0 aliphatic rings. The molecule has 0 amide bonds. The number of fused-ring (bicyclic) bond motifs is 1. The molecule has 0 fully saturated rings. The van der Waals surface area contributed by atoms with Gasteiger partial charge in [0, 0.05) is 38.9 Å². The minimum absolute atomic E-state index is 0.246. The molecule has 0 radical (unpaired) electrons. The van der Waals surface area contributed by atoms with Crippen molar-refractivity contribution >= 4 is 54.2 Å². The molecule has 2 aromatic heterocycles. The summed E-state index contributed by atoms with van der Waals surface area (Å²) >= 11 is 5.70. The van der Waals surface area contributed by atoms with Gasteiger partial charge >= 0.3 is 0 Å². The maximum atomic E-state index is 13.2. The summed E-state index contributed by atoms with van der Waals surface area (Å²) in [7, 11) is 0. The van der Waals surface area contributed by atoms with Crippen LogP contribution in [0, 0.1) is 6.92 Å². The molecule has 2 heterocycles. The smallest absolute Gasteiger partial charge is 0.168 e. The zero-order valence-corrected chi connectivity index (χ0v) is 22.8. The van der Waals surface area contributed by atoms with Gasteiger partial charge in [0.15, 0.2) is 5.58 Å². The van der Waals surface area contributed by atoms with E-state index in [2.05, 4.69) is 47.8 Å². The maximum absolute atomic E-state index is 13.2. The molecule has 172 valence electrons. The summed E-state index contributed by atoms with van der Waals surface area (Å²) in [5.41, 5.74) is 5.43. The molecule has 5 nitrogen and oxygen atoms in total. The highest BCUT2D eigenvalue weighted by molar-refractivity contribution is 9.10. The minimum Gasteiger partial charge on any atom is -0.598 e. The Morgan fingerprint density at radius 1 is 1.09 bits per heavy atom. The molecule has 0 saturated heterocycles.